The van der Waals surface area contributed by atoms with Gasteiger partial charge in [0.05, 0.1) is 16.1 Å². The highest BCUT2D eigenvalue weighted by Gasteiger charge is 2.16. The quantitative estimate of drug-likeness (QED) is 0.660. The first-order chi connectivity index (χ1) is 9.52. The van der Waals surface area contributed by atoms with Gasteiger partial charge in [0, 0.05) is 0 Å². The van der Waals surface area contributed by atoms with Gasteiger partial charge < -0.3 is 0 Å². The molecule has 0 aliphatic heterocycles. The van der Waals surface area contributed by atoms with Crippen molar-refractivity contribution < 1.29 is 8.78 Å². The molecule has 1 unspecified atom stereocenters. The Morgan fingerprint density at radius 1 is 1.10 bits per heavy atom. The molecule has 2 rings (SSSR count). The van der Waals surface area contributed by atoms with E-state index in [0.29, 0.717) is 10.0 Å². The first-order valence-corrected chi connectivity index (χ1v) is 6.62. The Bertz CT molecular complexity index is 620. The first-order valence-electron chi connectivity index (χ1n) is 5.87. The summed E-state index contributed by atoms with van der Waals surface area (Å²) in [6.07, 6.45) is 0.193. The van der Waals surface area contributed by atoms with E-state index in [0.717, 1.165) is 11.6 Å². The van der Waals surface area contributed by atoms with Gasteiger partial charge >= 0.3 is 0 Å². The molecule has 0 amide bonds. The Morgan fingerprint density at radius 3 is 2.50 bits per heavy atom. The van der Waals surface area contributed by atoms with Gasteiger partial charge in [0.2, 0.25) is 0 Å². The monoisotopic (exact) mass is 316 g/mol. The fourth-order valence-electron chi connectivity index (χ4n) is 1.93. The average molecular weight is 317 g/mol. The van der Waals surface area contributed by atoms with Gasteiger partial charge in [-0.2, -0.15) is 0 Å². The summed E-state index contributed by atoms with van der Waals surface area (Å²) >= 11 is 11.8. The van der Waals surface area contributed by atoms with Crippen LogP contribution in [0.2, 0.25) is 10.0 Å². The van der Waals surface area contributed by atoms with Crippen molar-refractivity contribution in [2.45, 2.75) is 12.5 Å². The van der Waals surface area contributed by atoms with Crippen molar-refractivity contribution in [3.63, 3.8) is 0 Å². The van der Waals surface area contributed by atoms with Crippen LogP contribution in [0.3, 0.4) is 0 Å². The molecule has 0 saturated carbocycles. The first kappa shape index (κ1) is 15.2. The molecule has 0 radical (unpaired) electrons. The molecule has 3 N–H and O–H groups in total. The Balaban J connectivity index is 2.28. The molecule has 0 fully saturated rings. The lowest BCUT2D eigenvalue weighted by molar-refractivity contribution is 0.481. The number of halogens is 4. The molecule has 0 bridgehead atoms. The van der Waals surface area contributed by atoms with E-state index in [9.17, 15) is 8.78 Å². The third-order valence-electron chi connectivity index (χ3n) is 3.00. The molecule has 2 aromatic carbocycles. The molecule has 0 aliphatic carbocycles. The Hall–Kier alpha value is -1.20. The number of rotatable bonds is 4. The van der Waals surface area contributed by atoms with E-state index in [1.165, 1.54) is 12.1 Å². The maximum atomic E-state index is 13.7. The maximum absolute atomic E-state index is 13.7. The Kier molecular flexibility index (Phi) is 4.94. The summed E-state index contributed by atoms with van der Waals surface area (Å²) in [5.41, 5.74) is 3.55. The zero-order chi connectivity index (χ0) is 14.7. The van der Waals surface area contributed by atoms with Gasteiger partial charge in [0.1, 0.15) is 0 Å². The second-order valence-corrected chi connectivity index (χ2v) is 5.12. The van der Waals surface area contributed by atoms with Gasteiger partial charge in [0.15, 0.2) is 11.6 Å². The normalized spacial score (nSPS) is 12.4. The standard InChI is InChI=1S/C14H12Cl2F2N2/c15-10-5-4-8(6-11(10)16)13(20-19)7-9-2-1-3-12(17)14(9)18/h1-6,13,20H,7,19H2. The van der Waals surface area contributed by atoms with Crippen LogP contribution in [0.25, 0.3) is 0 Å². The van der Waals surface area contributed by atoms with E-state index in [-0.39, 0.29) is 12.0 Å². The molecule has 0 spiro atoms. The summed E-state index contributed by atoms with van der Waals surface area (Å²) in [7, 11) is 0. The van der Waals surface area contributed by atoms with Crippen LogP contribution in [-0.2, 0) is 6.42 Å². The van der Waals surface area contributed by atoms with Gasteiger partial charge in [-0.05, 0) is 35.7 Å². The third kappa shape index (κ3) is 3.27. The van der Waals surface area contributed by atoms with E-state index in [1.54, 1.807) is 18.2 Å². The van der Waals surface area contributed by atoms with Crippen LogP contribution in [0.4, 0.5) is 8.78 Å². The number of hydrazine groups is 1. The minimum Gasteiger partial charge on any atom is -0.271 e. The minimum atomic E-state index is -0.882. The maximum Gasteiger partial charge on any atom is 0.162 e. The van der Waals surface area contributed by atoms with Gasteiger partial charge in [-0.1, -0.05) is 41.4 Å². The molecule has 106 valence electrons. The summed E-state index contributed by atoms with van der Waals surface area (Å²) in [5.74, 6) is 3.74. The lowest BCUT2D eigenvalue weighted by Gasteiger charge is -2.17. The zero-order valence-electron chi connectivity index (χ0n) is 10.3. The van der Waals surface area contributed by atoms with Crippen LogP contribution in [0, 0.1) is 11.6 Å². The molecule has 0 aromatic heterocycles. The highest BCUT2D eigenvalue weighted by Crippen LogP contribution is 2.27. The van der Waals surface area contributed by atoms with Crippen LogP contribution in [0.5, 0.6) is 0 Å². The zero-order valence-corrected chi connectivity index (χ0v) is 11.8. The SMILES string of the molecule is NNC(Cc1cccc(F)c1F)c1ccc(Cl)c(Cl)c1. The fourth-order valence-corrected chi connectivity index (χ4v) is 2.23. The van der Waals surface area contributed by atoms with Crippen LogP contribution in [0.1, 0.15) is 17.2 Å². The molecule has 2 aromatic rings. The van der Waals surface area contributed by atoms with Crippen molar-refractivity contribution in [1.29, 1.82) is 0 Å². The van der Waals surface area contributed by atoms with Crippen molar-refractivity contribution in [3.8, 4) is 0 Å². The molecule has 2 nitrogen and oxygen atoms in total. The fraction of sp³-hybridized carbons (Fsp3) is 0.143. The minimum absolute atomic E-state index is 0.193. The smallest absolute Gasteiger partial charge is 0.162 e. The molecule has 20 heavy (non-hydrogen) atoms. The van der Waals surface area contributed by atoms with Gasteiger partial charge in [0.25, 0.3) is 0 Å². The van der Waals surface area contributed by atoms with E-state index in [2.05, 4.69) is 5.43 Å². The molecule has 1 atom stereocenters. The van der Waals surface area contributed by atoms with E-state index in [1.807, 2.05) is 0 Å². The van der Waals surface area contributed by atoms with E-state index >= 15 is 0 Å². The second kappa shape index (κ2) is 6.50. The van der Waals surface area contributed by atoms with Crippen LogP contribution >= 0.6 is 23.2 Å². The number of hydrogen-bond donors (Lipinski definition) is 2. The molecule has 0 heterocycles. The van der Waals surface area contributed by atoms with E-state index < -0.39 is 17.7 Å². The summed E-state index contributed by atoms with van der Waals surface area (Å²) in [5, 5.41) is 0.798. The largest absolute Gasteiger partial charge is 0.271 e. The molecule has 0 aliphatic rings. The number of nitrogens with one attached hydrogen (secondary N) is 1. The molecular formula is C14H12Cl2F2N2. The predicted molar refractivity (Wildman–Crippen MR) is 76.6 cm³/mol. The van der Waals surface area contributed by atoms with Crippen molar-refractivity contribution in [2.24, 2.45) is 5.84 Å². The second-order valence-electron chi connectivity index (χ2n) is 4.31. The molecule has 6 heteroatoms. The van der Waals surface area contributed by atoms with Gasteiger partial charge in [-0.15, -0.1) is 0 Å². The third-order valence-corrected chi connectivity index (χ3v) is 3.74. The van der Waals surface area contributed by atoms with Crippen LogP contribution in [0.15, 0.2) is 36.4 Å². The lowest BCUT2D eigenvalue weighted by Crippen LogP contribution is -2.29. The summed E-state index contributed by atoms with van der Waals surface area (Å²) < 4.78 is 26.9. The van der Waals surface area contributed by atoms with Crippen LogP contribution in [-0.4, -0.2) is 0 Å². The summed E-state index contributed by atoms with van der Waals surface area (Å²) in [6, 6.07) is 8.65. The lowest BCUT2D eigenvalue weighted by atomic mass is 9.99. The predicted octanol–water partition coefficient (Wildman–Crippen LogP) is 4.02. The van der Waals surface area contributed by atoms with E-state index in [4.69, 9.17) is 29.0 Å². The average Bonchev–Trinajstić information content (AvgIpc) is 2.44. The molecular weight excluding hydrogens is 305 g/mol. The Morgan fingerprint density at radius 2 is 1.85 bits per heavy atom. The number of nitrogens with two attached hydrogens (primary N) is 1. The van der Waals surface area contributed by atoms with Gasteiger partial charge in [-0.25, -0.2) is 8.78 Å². The highest BCUT2D eigenvalue weighted by molar-refractivity contribution is 6.42. The van der Waals surface area contributed by atoms with Gasteiger partial charge in [-0.3, -0.25) is 11.3 Å². The summed E-state index contributed by atoms with van der Waals surface area (Å²) in [4.78, 5) is 0. The molecule has 0 saturated heterocycles. The van der Waals surface area contributed by atoms with Crippen molar-refractivity contribution in [1.82, 2.24) is 5.43 Å². The van der Waals surface area contributed by atoms with Crippen molar-refractivity contribution >= 4 is 23.2 Å². The number of benzene rings is 2. The van der Waals surface area contributed by atoms with Crippen LogP contribution < -0.4 is 11.3 Å². The summed E-state index contributed by atoms with van der Waals surface area (Å²) in [6.45, 7) is 0. The van der Waals surface area contributed by atoms with Crippen molar-refractivity contribution in [3.05, 3.63) is 69.2 Å². The topological polar surface area (TPSA) is 38.0 Å². The number of hydrogen-bond acceptors (Lipinski definition) is 2. The van der Waals surface area contributed by atoms with Crippen molar-refractivity contribution in [2.75, 3.05) is 0 Å². The Labute approximate surface area is 125 Å². The highest BCUT2D eigenvalue weighted by atomic mass is 35.5.